The van der Waals surface area contributed by atoms with Crippen LogP contribution in [0.3, 0.4) is 0 Å². The maximum atomic E-state index is 13.2. The van der Waals surface area contributed by atoms with Gasteiger partial charge in [0, 0.05) is 18.9 Å². The first-order valence-corrected chi connectivity index (χ1v) is 10.4. The molecule has 0 N–H and O–H groups in total. The maximum absolute atomic E-state index is 13.2. The standard InChI is InChI=1S/C25H31FN2O/c1-4-25(2,22-9-13-24(29-3)14-10-22)17-21(18-28-16-15-27-19-28)6-5-20-7-11-23(26)12-8-20/h7-16,19,21H,4-6,17-18H2,1-3H3. The Balaban J connectivity index is 1.76. The van der Waals surface area contributed by atoms with Crippen LogP contribution in [0, 0.1) is 11.7 Å². The van der Waals surface area contributed by atoms with E-state index >= 15 is 0 Å². The summed E-state index contributed by atoms with van der Waals surface area (Å²) in [4.78, 5) is 4.20. The summed E-state index contributed by atoms with van der Waals surface area (Å²) < 4.78 is 20.7. The molecule has 29 heavy (non-hydrogen) atoms. The number of hydrogen-bond donors (Lipinski definition) is 0. The summed E-state index contributed by atoms with van der Waals surface area (Å²) >= 11 is 0. The van der Waals surface area contributed by atoms with Crippen molar-refractivity contribution >= 4 is 0 Å². The number of imidazole rings is 1. The van der Waals surface area contributed by atoms with Gasteiger partial charge in [-0.15, -0.1) is 0 Å². The van der Waals surface area contributed by atoms with E-state index in [9.17, 15) is 4.39 Å². The first-order chi connectivity index (χ1) is 14.0. The van der Waals surface area contributed by atoms with Crippen LogP contribution in [0.15, 0.2) is 67.3 Å². The lowest BCUT2D eigenvalue weighted by Crippen LogP contribution is -2.27. The smallest absolute Gasteiger partial charge is 0.123 e. The van der Waals surface area contributed by atoms with Crippen LogP contribution in [0.5, 0.6) is 5.75 Å². The monoisotopic (exact) mass is 394 g/mol. The van der Waals surface area contributed by atoms with Crippen LogP contribution in [0.2, 0.25) is 0 Å². The Morgan fingerprint density at radius 2 is 1.83 bits per heavy atom. The molecule has 3 rings (SSSR count). The van der Waals surface area contributed by atoms with Gasteiger partial charge in [-0.25, -0.2) is 9.37 Å². The maximum Gasteiger partial charge on any atom is 0.123 e. The Bertz CT molecular complexity index is 859. The number of benzene rings is 2. The Kier molecular flexibility index (Phi) is 7.08. The summed E-state index contributed by atoms with van der Waals surface area (Å²) in [5.74, 6) is 1.20. The van der Waals surface area contributed by atoms with Crippen LogP contribution < -0.4 is 4.74 Å². The molecule has 0 spiro atoms. The van der Waals surface area contributed by atoms with Crippen LogP contribution in [-0.2, 0) is 18.4 Å². The van der Waals surface area contributed by atoms with Crippen LogP contribution in [0.25, 0.3) is 0 Å². The SMILES string of the molecule is CCC(C)(CC(CCc1ccc(F)cc1)Cn1ccnc1)c1ccc(OC)cc1. The molecule has 1 heterocycles. The van der Waals surface area contributed by atoms with Gasteiger partial charge in [-0.05, 0) is 72.4 Å². The van der Waals surface area contributed by atoms with Crippen molar-refractivity contribution in [2.45, 2.75) is 51.5 Å². The number of aromatic nitrogens is 2. The number of rotatable bonds is 10. The van der Waals surface area contributed by atoms with E-state index < -0.39 is 0 Å². The predicted octanol–water partition coefficient (Wildman–Crippen LogP) is 6.04. The second-order valence-electron chi connectivity index (χ2n) is 8.14. The Morgan fingerprint density at radius 1 is 1.10 bits per heavy atom. The van der Waals surface area contributed by atoms with Crippen molar-refractivity contribution in [2.24, 2.45) is 5.92 Å². The van der Waals surface area contributed by atoms with Crippen molar-refractivity contribution in [1.29, 1.82) is 0 Å². The van der Waals surface area contributed by atoms with Gasteiger partial charge < -0.3 is 9.30 Å². The van der Waals surface area contributed by atoms with Gasteiger partial charge in [0.15, 0.2) is 0 Å². The van der Waals surface area contributed by atoms with Crippen LogP contribution in [-0.4, -0.2) is 16.7 Å². The predicted molar refractivity (Wildman–Crippen MR) is 116 cm³/mol. The Morgan fingerprint density at radius 3 is 2.41 bits per heavy atom. The van der Waals surface area contributed by atoms with E-state index in [-0.39, 0.29) is 11.2 Å². The second-order valence-corrected chi connectivity index (χ2v) is 8.14. The van der Waals surface area contributed by atoms with Crippen molar-refractivity contribution in [3.05, 3.63) is 84.2 Å². The van der Waals surface area contributed by atoms with E-state index in [4.69, 9.17) is 4.74 Å². The highest BCUT2D eigenvalue weighted by atomic mass is 19.1. The molecule has 0 aliphatic rings. The summed E-state index contributed by atoms with van der Waals surface area (Å²) in [5, 5.41) is 0. The Hall–Kier alpha value is -2.62. The largest absolute Gasteiger partial charge is 0.497 e. The molecule has 0 aliphatic carbocycles. The quantitative estimate of drug-likeness (QED) is 0.419. The van der Waals surface area contributed by atoms with Crippen molar-refractivity contribution in [3.8, 4) is 5.75 Å². The lowest BCUT2D eigenvalue weighted by atomic mass is 9.72. The fraction of sp³-hybridized carbons (Fsp3) is 0.400. The fourth-order valence-corrected chi connectivity index (χ4v) is 4.07. The highest BCUT2D eigenvalue weighted by molar-refractivity contribution is 5.32. The zero-order valence-electron chi connectivity index (χ0n) is 17.6. The summed E-state index contributed by atoms with van der Waals surface area (Å²) in [7, 11) is 1.70. The van der Waals surface area contributed by atoms with E-state index in [1.54, 1.807) is 19.2 Å². The van der Waals surface area contributed by atoms with Gasteiger partial charge >= 0.3 is 0 Å². The minimum absolute atomic E-state index is 0.0836. The molecule has 0 fully saturated rings. The number of ether oxygens (including phenoxy) is 1. The normalized spacial score (nSPS) is 14.3. The molecule has 3 nitrogen and oxygen atoms in total. The molecule has 2 atom stereocenters. The minimum atomic E-state index is -0.179. The lowest BCUT2D eigenvalue weighted by Gasteiger charge is -2.33. The van der Waals surface area contributed by atoms with Crippen LogP contribution >= 0.6 is 0 Å². The van der Waals surface area contributed by atoms with Gasteiger partial charge in [-0.3, -0.25) is 0 Å². The molecule has 1 aromatic heterocycles. The van der Waals surface area contributed by atoms with Crippen molar-refractivity contribution < 1.29 is 9.13 Å². The minimum Gasteiger partial charge on any atom is -0.497 e. The topological polar surface area (TPSA) is 27.1 Å². The van der Waals surface area contributed by atoms with Gasteiger partial charge in [-0.2, -0.15) is 0 Å². The zero-order chi connectivity index (χ0) is 20.7. The molecule has 2 aromatic carbocycles. The zero-order valence-corrected chi connectivity index (χ0v) is 17.6. The molecule has 0 radical (unpaired) electrons. The molecule has 3 aromatic rings. The first-order valence-electron chi connectivity index (χ1n) is 10.4. The molecule has 0 saturated heterocycles. The number of aryl methyl sites for hydroxylation is 1. The van der Waals surface area contributed by atoms with Gasteiger partial charge in [0.25, 0.3) is 0 Å². The lowest BCUT2D eigenvalue weighted by molar-refractivity contribution is 0.285. The van der Waals surface area contributed by atoms with Crippen LogP contribution in [0.1, 0.15) is 44.2 Å². The van der Waals surface area contributed by atoms with Crippen LogP contribution in [0.4, 0.5) is 4.39 Å². The molecule has 4 heteroatoms. The second kappa shape index (κ2) is 9.73. The average Bonchev–Trinajstić information content (AvgIpc) is 3.26. The molecular weight excluding hydrogens is 363 g/mol. The van der Waals surface area contributed by atoms with Crippen molar-refractivity contribution in [1.82, 2.24) is 9.55 Å². The van der Waals surface area contributed by atoms with E-state index in [1.807, 2.05) is 43.0 Å². The third kappa shape index (κ3) is 5.69. The third-order valence-electron chi connectivity index (χ3n) is 6.09. The highest BCUT2D eigenvalue weighted by Crippen LogP contribution is 2.37. The molecule has 0 saturated carbocycles. The molecule has 0 bridgehead atoms. The molecule has 0 aliphatic heterocycles. The number of nitrogens with zero attached hydrogens (tertiary/aromatic N) is 2. The molecule has 0 amide bonds. The van der Waals surface area contributed by atoms with E-state index in [1.165, 1.54) is 11.1 Å². The summed E-state index contributed by atoms with van der Waals surface area (Å²) in [6.45, 7) is 5.55. The summed E-state index contributed by atoms with van der Waals surface area (Å²) in [5.41, 5.74) is 2.61. The van der Waals surface area contributed by atoms with E-state index in [0.717, 1.165) is 38.0 Å². The van der Waals surface area contributed by atoms with Gasteiger partial charge in [-0.1, -0.05) is 38.1 Å². The van der Waals surface area contributed by atoms with E-state index in [0.29, 0.717) is 5.92 Å². The highest BCUT2D eigenvalue weighted by Gasteiger charge is 2.28. The van der Waals surface area contributed by atoms with E-state index in [2.05, 4.69) is 35.5 Å². The fourth-order valence-electron chi connectivity index (χ4n) is 4.07. The van der Waals surface area contributed by atoms with Gasteiger partial charge in [0.2, 0.25) is 0 Å². The number of methoxy groups -OCH3 is 1. The first kappa shape index (κ1) is 21.1. The summed E-state index contributed by atoms with van der Waals surface area (Å²) in [6.07, 6.45) is 9.89. The number of hydrogen-bond acceptors (Lipinski definition) is 2. The van der Waals surface area contributed by atoms with Gasteiger partial charge in [0.1, 0.15) is 11.6 Å². The molecule has 2 unspecified atom stereocenters. The molecule has 154 valence electrons. The average molecular weight is 395 g/mol. The van der Waals surface area contributed by atoms with Crippen molar-refractivity contribution in [3.63, 3.8) is 0 Å². The number of halogens is 1. The Labute approximate surface area is 173 Å². The summed E-state index contributed by atoms with van der Waals surface area (Å²) in [6, 6.07) is 15.4. The third-order valence-corrected chi connectivity index (χ3v) is 6.09. The van der Waals surface area contributed by atoms with Gasteiger partial charge in [0.05, 0.1) is 13.4 Å². The molecular formula is C25H31FN2O. The van der Waals surface area contributed by atoms with Crippen molar-refractivity contribution in [2.75, 3.05) is 7.11 Å².